The first-order valence-corrected chi connectivity index (χ1v) is 11.7. The number of hydrogen-bond acceptors (Lipinski definition) is 7. The summed E-state index contributed by atoms with van der Waals surface area (Å²) in [5.74, 6) is -0.183. The molecular weight excluding hydrogens is 426 g/mol. The van der Waals surface area contributed by atoms with Gasteiger partial charge in [-0.1, -0.05) is 22.9 Å². The molecule has 0 saturated carbocycles. The maximum atomic E-state index is 12.9. The molecule has 0 bridgehead atoms. The third-order valence-electron chi connectivity index (χ3n) is 4.59. The summed E-state index contributed by atoms with van der Waals surface area (Å²) in [5.41, 5.74) is -0.549. The first-order chi connectivity index (χ1) is 13.2. The average Bonchev–Trinajstić information content (AvgIpc) is 3.04. The van der Waals surface area contributed by atoms with Crippen molar-refractivity contribution >= 4 is 43.8 Å². The molecule has 1 N–H and O–H groups in total. The molecular formula is C17H20ClN3O5S2. The molecule has 0 aromatic carbocycles. The van der Waals surface area contributed by atoms with Crippen LogP contribution in [0.1, 0.15) is 25.3 Å². The largest absolute Gasteiger partial charge is 0.381 e. The molecule has 2 aromatic rings. The number of nitrogens with one attached hydrogen (secondary N) is 1. The maximum absolute atomic E-state index is 12.9. The van der Waals surface area contributed by atoms with Crippen LogP contribution in [-0.2, 0) is 19.4 Å². The molecule has 1 fully saturated rings. The molecule has 28 heavy (non-hydrogen) atoms. The summed E-state index contributed by atoms with van der Waals surface area (Å²) in [6.07, 6.45) is 5.85. The van der Waals surface area contributed by atoms with Crippen LogP contribution < -0.4 is 10.9 Å². The molecule has 1 aliphatic rings. The molecule has 11 heteroatoms. The van der Waals surface area contributed by atoms with E-state index in [1.165, 1.54) is 23.0 Å². The van der Waals surface area contributed by atoms with Crippen LogP contribution in [-0.4, -0.2) is 43.3 Å². The predicted molar refractivity (Wildman–Crippen MR) is 107 cm³/mol. The minimum absolute atomic E-state index is 0.0781. The van der Waals surface area contributed by atoms with E-state index >= 15 is 0 Å². The molecule has 0 radical (unpaired) electrons. The number of hydrogen-bond donors (Lipinski definition) is 1. The second-order valence-electron chi connectivity index (χ2n) is 6.65. The van der Waals surface area contributed by atoms with Crippen molar-refractivity contribution in [2.75, 3.05) is 24.8 Å². The predicted octanol–water partition coefficient (Wildman–Crippen LogP) is 2.36. The summed E-state index contributed by atoms with van der Waals surface area (Å²) in [6, 6.07) is 1.58. The Bertz CT molecular complexity index is 1010. The number of pyridine rings is 1. The number of halogens is 1. The van der Waals surface area contributed by atoms with Gasteiger partial charge in [0.15, 0.2) is 15.0 Å². The van der Waals surface area contributed by atoms with E-state index in [0.717, 1.165) is 36.5 Å². The number of thiazole rings is 1. The topological polar surface area (TPSA) is 107 Å². The number of amides is 1. The molecule has 0 spiro atoms. The quantitative estimate of drug-likeness (QED) is 0.731. The Kier molecular flexibility index (Phi) is 6.54. The summed E-state index contributed by atoms with van der Waals surface area (Å²) in [4.78, 5) is 29.5. The Labute approximate surface area is 171 Å². The Morgan fingerprint density at radius 1 is 1.46 bits per heavy atom. The maximum Gasteiger partial charge on any atom is 0.252 e. The summed E-state index contributed by atoms with van der Waals surface area (Å²) in [6.45, 7) is 1.23. The summed E-state index contributed by atoms with van der Waals surface area (Å²) < 4.78 is 30.5. The molecule has 1 unspecified atom stereocenters. The Morgan fingerprint density at radius 3 is 2.75 bits per heavy atom. The number of nitrogens with zero attached hydrogens (tertiary/aromatic N) is 2. The van der Waals surface area contributed by atoms with Gasteiger partial charge in [0.05, 0.1) is 11.1 Å². The van der Waals surface area contributed by atoms with Gasteiger partial charge in [-0.2, -0.15) is 0 Å². The first kappa shape index (κ1) is 21.0. The lowest BCUT2D eigenvalue weighted by Gasteiger charge is -2.27. The Morgan fingerprint density at radius 2 is 2.18 bits per heavy atom. The minimum Gasteiger partial charge on any atom is -0.381 e. The highest BCUT2D eigenvalue weighted by Crippen LogP contribution is 2.28. The highest BCUT2D eigenvalue weighted by molar-refractivity contribution is 7.90. The smallest absolute Gasteiger partial charge is 0.252 e. The van der Waals surface area contributed by atoms with Crippen molar-refractivity contribution in [3.63, 3.8) is 0 Å². The fourth-order valence-electron chi connectivity index (χ4n) is 3.11. The standard InChI is InChI=1S/C17H20ClN3O5S2/c1-28(24,25)12-2-5-21(15(22)9-12)13(8-11-3-6-26-7-4-11)16(23)20-17-19-10-14(18)27-17/h2,5,9-11,13H,3-4,6-8H2,1H3,(H,19,20,23). The monoisotopic (exact) mass is 445 g/mol. The zero-order valence-electron chi connectivity index (χ0n) is 15.1. The fraction of sp³-hybridized carbons (Fsp3) is 0.471. The Hall–Kier alpha value is -1.75. The van der Waals surface area contributed by atoms with E-state index in [2.05, 4.69) is 10.3 Å². The zero-order chi connectivity index (χ0) is 20.3. The van der Waals surface area contributed by atoms with E-state index < -0.39 is 27.3 Å². The van der Waals surface area contributed by atoms with Crippen molar-refractivity contribution < 1.29 is 17.9 Å². The van der Waals surface area contributed by atoms with E-state index in [1.807, 2.05) is 0 Å². The van der Waals surface area contributed by atoms with Gasteiger partial charge in [-0.25, -0.2) is 13.4 Å². The van der Waals surface area contributed by atoms with Crippen molar-refractivity contribution in [3.05, 3.63) is 39.2 Å². The molecule has 3 heterocycles. The second kappa shape index (κ2) is 8.73. The van der Waals surface area contributed by atoms with Crippen LogP contribution in [0, 0.1) is 5.92 Å². The lowest BCUT2D eigenvalue weighted by atomic mass is 9.92. The molecule has 1 amide bonds. The minimum atomic E-state index is -3.51. The van der Waals surface area contributed by atoms with Gasteiger partial charge in [0, 0.05) is 31.7 Å². The van der Waals surface area contributed by atoms with Gasteiger partial charge in [-0.15, -0.1) is 0 Å². The van der Waals surface area contributed by atoms with Crippen molar-refractivity contribution in [1.82, 2.24) is 9.55 Å². The molecule has 8 nitrogen and oxygen atoms in total. The summed E-state index contributed by atoms with van der Waals surface area (Å²) >= 11 is 6.98. The van der Waals surface area contributed by atoms with Crippen LogP contribution in [0.3, 0.4) is 0 Å². The third kappa shape index (κ3) is 5.19. The van der Waals surface area contributed by atoms with Gasteiger partial charge in [0.1, 0.15) is 10.4 Å². The van der Waals surface area contributed by atoms with Crippen molar-refractivity contribution in [3.8, 4) is 0 Å². The van der Waals surface area contributed by atoms with Gasteiger partial charge >= 0.3 is 0 Å². The van der Waals surface area contributed by atoms with E-state index in [1.54, 1.807) is 0 Å². The van der Waals surface area contributed by atoms with Crippen LogP contribution in [0.15, 0.2) is 34.2 Å². The molecule has 3 rings (SSSR count). The first-order valence-electron chi connectivity index (χ1n) is 8.66. The highest BCUT2D eigenvalue weighted by Gasteiger charge is 2.28. The van der Waals surface area contributed by atoms with E-state index in [9.17, 15) is 18.0 Å². The molecule has 1 saturated heterocycles. The van der Waals surface area contributed by atoms with E-state index in [0.29, 0.717) is 29.1 Å². The van der Waals surface area contributed by atoms with Crippen molar-refractivity contribution in [1.29, 1.82) is 0 Å². The zero-order valence-corrected chi connectivity index (χ0v) is 17.5. The second-order valence-corrected chi connectivity index (χ2v) is 10.3. The Balaban J connectivity index is 1.90. The SMILES string of the molecule is CS(=O)(=O)c1ccn(C(CC2CCOCC2)C(=O)Nc2ncc(Cl)s2)c(=O)c1. The number of carbonyl (C=O) groups excluding carboxylic acids is 1. The van der Waals surface area contributed by atoms with Gasteiger partial charge < -0.3 is 14.6 Å². The molecule has 0 aliphatic carbocycles. The lowest BCUT2D eigenvalue weighted by Crippen LogP contribution is -2.35. The van der Waals surface area contributed by atoms with E-state index in [-0.39, 0.29) is 10.8 Å². The molecule has 152 valence electrons. The van der Waals surface area contributed by atoms with Gasteiger partial charge in [-0.3, -0.25) is 9.59 Å². The number of carbonyl (C=O) groups is 1. The number of sulfone groups is 1. The van der Waals surface area contributed by atoms with Gasteiger partial charge in [0.2, 0.25) is 5.91 Å². The fourth-order valence-corrected chi connectivity index (χ4v) is 4.54. The molecule has 2 aromatic heterocycles. The number of ether oxygens (including phenoxy) is 1. The van der Waals surface area contributed by atoms with Crippen LogP contribution >= 0.6 is 22.9 Å². The van der Waals surface area contributed by atoms with Crippen LogP contribution in [0.25, 0.3) is 0 Å². The van der Waals surface area contributed by atoms with E-state index in [4.69, 9.17) is 16.3 Å². The van der Waals surface area contributed by atoms with Crippen LogP contribution in [0.2, 0.25) is 4.34 Å². The number of aromatic nitrogens is 2. The summed E-state index contributed by atoms with van der Waals surface area (Å²) in [7, 11) is -3.51. The number of anilines is 1. The lowest BCUT2D eigenvalue weighted by molar-refractivity contribution is -0.120. The van der Waals surface area contributed by atoms with Crippen LogP contribution in [0.4, 0.5) is 5.13 Å². The number of rotatable bonds is 6. The van der Waals surface area contributed by atoms with Gasteiger partial charge in [-0.05, 0) is 31.2 Å². The normalized spacial score (nSPS) is 16.6. The van der Waals surface area contributed by atoms with Crippen molar-refractivity contribution in [2.24, 2.45) is 5.92 Å². The molecule has 1 aliphatic heterocycles. The van der Waals surface area contributed by atoms with Crippen molar-refractivity contribution in [2.45, 2.75) is 30.2 Å². The highest BCUT2D eigenvalue weighted by atomic mass is 35.5. The summed E-state index contributed by atoms with van der Waals surface area (Å²) in [5, 5.41) is 3.04. The molecule has 1 atom stereocenters. The third-order valence-corrected chi connectivity index (χ3v) is 6.73. The van der Waals surface area contributed by atoms with Gasteiger partial charge in [0.25, 0.3) is 5.56 Å². The van der Waals surface area contributed by atoms with Crippen LogP contribution in [0.5, 0.6) is 0 Å². The average molecular weight is 446 g/mol.